The zero-order chi connectivity index (χ0) is 17.3. The lowest BCUT2D eigenvalue weighted by Gasteiger charge is -2.39. The number of nitrogens with one attached hydrogen (secondary N) is 1. The monoisotopic (exact) mass is 364 g/mol. The average molecular weight is 365 g/mol. The lowest BCUT2D eigenvalue weighted by molar-refractivity contribution is -0.139. The maximum Gasteiger partial charge on any atom is 0.416 e. The molecule has 3 rings (SSSR count). The number of benzene rings is 1. The largest absolute Gasteiger partial charge is 0.416 e. The first-order valence-corrected chi connectivity index (χ1v) is 8.77. The van der Waals surface area contributed by atoms with Crippen molar-refractivity contribution >= 4 is 11.6 Å². The molecule has 134 valence electrons. The van der Waals surface area contributed by atoms with Crippen LogP contribution in [0.3, 0.4) is 0 Å². The molecule has 1 aliphatic carbocycles. The molecular formula is C17H21ClF4N2. The Kier molecular flexibility index (Phi) is 5.37. The Morgan fingerprint density at radius 1 is 1.12 bits per heavy atom. The summed E-state index contributed by atoms with van der Waals surface area (Å²) in [4.78, 5) is 2.00. The second-order valence-corrected chi connectivity index (χ2v) is 7.00. The summed E-state index contributed by atoms with van der Waals surface area (Å²) in [5.41, 5.74) is -1.15. The first-order chi connectivity index (χ1) is 11.4. The van der Waals surface area contributed by atoms with Crippen LogP contribution in [-0.4, -0.2) is 31.1 Å². The summed E-state index contributed by atoms with van der Waals surface area (Å²) < 4.78 is 55.4. The van der Waals surface area contributed by atoms with E-state index in [1.165, 1.54) is 0 Å². The Balaban J connectivity index is 2.10. The van der Waals surface area contributed by atoms with Crippen LogP contribution >= 0.6 is 11.6 Å². The van der Waals surface area contributed by atoms with Crippen LogP contribution in [0.1, 0.15) is 42.9 Å². The van der Waals surface area contributed by atoms with E-state index in [1.807, 2.05) is 4.90 Å². The van der Waals surface area contributed by atoms with E-state index in [-0.39, 0.29) is 16.5 Å². The van der Waals surface area contributed by atoms with E-state index in [0.29, 0.717) is 26.2 Å². The van der Waals surface area contributed by atoms with Crippen LogP contribution in [0.5, 0.6) is 0 Å². The smallest absolute Gasteiger partial charge is 0.314 e. The molecule has 1 saturated heterocycles. The molecule has 0 amide bonds. The second kappa shape index (κ2) is 7.18. The molecule has 0 radical (unpaired) electrons. The van der Waals surface area contributed by atoms with Gasteiger partial charge in [0.2, 0.25) is 0 Å². The molecule has 1 aromatic carbocycles. The van der Waals surface area contributed by atoms with Gasteiger partial charge in [-0.2, -0.15) is 13.2 Å². The summed E-state index contributed by atoms with van der Waals surface area (Å²) in [6.45, 7) is 2.63. The average Bonchev–Trinajstić information content (AvgIpc) is 3.06. The number of halogens is 5. The predicted octanol–water partition coefficient (Wildman–Crippen LogP) is 4.63. The molecule has 2 aliphatic rings. The summed E-state index contributed by atoms with van der Waals surface area (Å²) in [5.74, 6) is -0.876. The molecule has 2 nitrogen and oxygen atoms in total. The second-order valence-electron chi connectivity index (χ2n) is 6.60. The van der Waals surface area contributed by atoms with E-state index in [0.717, 1.165) is 37.8 Å². The van der Waals surface area contributed by atoms with Gasteiger partial charge in [0.15, 0.2) is 0 Å². The van der Waals surface area contributed by atoms with Crippen LogP contribution in [0.25, 0.3) is 0 Å². The molecule has 24 heavy (non-hydrogen) atoms. The van der Waals surface area contributed by atoms with Crippen molar-refractivity contribution in [2.45, 2.75) is 37.9 Å². The fourth-order valence-corrected chi connectivity index (χ4v) is 4.22. The quantitative estimate of drug-likeness (QED) is 0.786. The highest BCUT2D eigenvalue weighted by atomic mass is 35.5. The van der Waals surface area contributed by atoms with Gasteiger partial charge in [0.1, 0.15) is 5.82 Å². The molecule has 7 heteroatoms. The summed E-state index contributed by atoms with van der Waals surface area (Å²) in [7, 11) is 0. The molecule has 1 saturated carbocycles. The van der Waals surface area contributed by atoms with Crippen LogP contribution in [0.2, 0.25) is 5.02 Å². The van der Waals surface area contributed by atoms with E-state index >= 15 is 0 Å². The third kappa shape index (κ3) is 3.55. The van der Waals surface area contributed by atoms with Crippen LogP contribution in [0.4, 0.5) is 17.6 Å². The summed E-state index contributed by atoms with van der Waals surface area (Å²) in [5, 5.41) is 2.96. The first kappa shape index (κ1) is 18.0. The zero-order valence-electron chi connectivity index (χ0n) is 13.3. The molecular weight excluding hydrogens is 344 g/mol. The van der Waals surface area contributed by atoms with Crippen LogP contribution < -0.4 is 5.32 Å². The SMILES string of the molecule is Fc1c(Cl)ccc(C(F)(F)F)c1[C@H](C1CCCC1)N1CCNCC1. The third-order valence-corrected chi connectivity index (χ3v) is 5.42. The Hall–Kier alpha value is -0.850. The molecule has 1 N–H and O–H groups in total. The van der Waals surface area contributed by atoms with E-state index in [4.69, 9.17) is 11.6 Å². The van der Waals surface area contributed by atoms with E-state index in [2.05, 4.69) is 5.32 Å². The minimum Gasteiger partial charge on any atom is -0.314 e. The number of alkyl halides is 3. The van der Waals surface area contributed by atoms with Crippen LogP contribution in [-0.2, 0) is 6.18 Å². The first-order valence-electron chi connectivity index (χ1n) is 8.39. The van der Waals surface area contributed by atoms with Crippen molar-refractivity contribution < 1.29 is 17.6 Å². The lowest BCUT2D eigenvalue weighted by atomic mass is 9.86. The number of hydrogen-bond acceptors (Lipinski definition) is 2. The fourth-order valence-electron chi connectivity index (χ4n) is 4.05. The number of nitrogens with zero attached hydrogens (tertiary/aromatic N) is 1. The van der Waals surface area contributed by atoms with Gasteiger partial charge in [-0.15, -0.1) is 0 Å². The van der Waals surface area contributed by atoms with Crippen molar-refractivity contribution in [3.05, 3.63) is 34.1 Å². The zero-order valence-corrected chi connectivity index (χ0v) is 14.1. The molecule has 2 fully saturated rings. The van der Waals surface area contributed by atoms with Crippen molar-refractivity contribution in [1.82, 2.24) is 10.2 Å². The third-order valence-electron chi connectivity index (χ3n) is 5.13. The van der Waals surface area contributed by atoms with Gasteiger partial charge in [-0.3, -0.25) is 4.90 Å². The molecule has 1 atom stereocenters. The summed E-state index contributed by atoms with van der Waals surface area (Å²) in [6.07, 6.45) is -0.963. The van der Waals surface area contributed by atoms with Crippen molar-refractivity contribution in [2.24, 2.45) is 5.92 Å². The predicted molar refractivity (Wildman–Crippen MR) is 85.6 cm³/mol. The van der Waals surface area contributed by atoms with Gasteiger partial charge in [-0.05, 0) is 30.9 Å². The lowest BCUT2D eigenvalue weighted by Crippen LogP contribution is -2.47. The van der Waals surface area contributed by atoms with Gasteiger partial charge in [0.05, 0.1) is 10.6 Å². The summed E-state index contributed by atoms with van der Waals surface area (Å²) in [6, 6.07) is 1.36. The van der Waals surface area contributed by atoms with Crippen LogP contribution in [0.15, 0.2) is 12.1 Å². The van der Waals surface area contributed by atoms with Gasteiger partial charge in [0.25, 0.3) is 0 Å². The molecule has 1 aromatic rings. The van der Waals surface area contributed by atoms with Gasteiger partial charge in [-0.1, -0.05) is 24.4 Å². The van der Waals surface area contributed by atoms with Crippen molar-refractivity contribution in [3.8, 4) is 0 Å². The van der Waals surface area contributed by atoms with Crippen molar-refractivity contribution in [3.63, 3.8) is 0 Å². The van der Waals surface area contributed by atoms with E-state index < -0.39 is 23.6 Å². The van der Waals surface area contributed by atoms with Gasteiger partial charge in [0, 0.05) is 37.8 Å². The number of hydrogen-bond donors (Lipinski definition) is 1. The van der Waals surface area contributed by atoms with Crippen LogP contribution in [0, 0.1) is 11.7 Å². The molecule has 0 unspecified atom stereocenters. The highest BCUT2D eigenvalue weighted by Crippen LogP contribution is 2.46. The minimum absolute atomic E-state index is 0.0390. The van der Waals surface area contributed by atoms with Crippen molar-refractivity contribution in [2.75, 3.05) is 26.2 Å². The van der Waals surface area contributed by atoms with Gasteiger partial charge in [-0.25, -0.2) is 4.39 Å². The topological polar surface area (TPSA) is 15.3 Å². The number of rotatable bonds is 3. The van der Waals surface area contributed by atoms with Crippen molar-refractivity contribution in [1.29, 1.82) is 0 Å². The Morgan fingerprint density at radius 3 is 2.33 bits per heavy atom. The van der Waals surface area contributed by atoms with Gasteiger partial charge < -0.3 is 5.32 Å². The number of piperazine rings is 1. The van der Waals surface area contributed by atoms with E-state index in [9.17, 15) is 17.6 Å². The van der Waals surface area contributed by atoms with Gasteiger partial charge >= 0.3 is 6.18 Å². The molecule has 1 heterocycles. The standard InChI is InChI=1S/C17H21ClF4N2/c18-13-6-5-12(17(20,21)22)14(15(13)19)16(11-3-1-2-4-11)24-9-7-23-8-10-24/h5-6,11,16,23H,1-4,7-10H2/t16-/m0/s1. The fraction of sp³-hybridized carbons (Fsp3) is 0.647. The maximum absolute atomic E-state index is 14.8. The molecule has 0 bridgehead atoms. The van der Waals surface area contributed by atoms with E-state index in [1.54, 1.807) is 0 Å². The summed E-state index contributed by atoms with van der Waals surface area (Å²) >= 11 is 5.85. The highest BCUT2D eigenvalue weighted by molar-refractivity contribution is 6.30. The normalized spacial score (nSPS) is 22.0. The highest BCUT2D eigenvalue weighted by Gasteiger charge is 2.42. The minimum atomic E-state index is -4.59. The Morgan fingerprint density at radius 2 is 1.75 bits per heavy atom. The molecule has 1 aliphatic heterocycles. The Labute approximate surface area is 144 Å². The Bertz CT molecular complexity index is 579. The molecule has 0 spiro atoms. The molecule has 0 aromatic heterocycles. The maximum atomic E-state index is 14.8.